The van der Waals surface area contributed by atoms with Crippen LogP contribution in [0, 0.1) is 0 Å². The van der Waals surface area contributed by atoms with Crippen LogP contribution in [-0.2, 0) is 16.0 Å². The Balaban J connectivity index is 1.24. The SMILES string of the molecule is O=C(NCCc1nc(C(=O)NC[C@H](O)C(=O)O)cs1)OCC1c2ccccc2-c2ccccc21. The normalized spacial score (nSPS) is 13.0. The van der Waals surface area contributed by atoms with Gasteiger partial charge in [0.2, 0.25) is 0 Å². The Labute approximate surface area is 199 Å². The van der Waals surface area contributed by atoms with Crippen molar-refractivity contribution in [3.8, 4) is 11.1 Å². The number of aliphatic hydroxyl groups excluding tert-OH is 1. The van der Waals surface area contributed by atoms with E-state index in [-0.39, 0.29) is 24.8 Å². The number of thiazole rings is 1. The minimum atomic E-state index is -1.68. The van der Waals surface area contributed by atoms with Gasteiger partial charge in [0.15, 0.2) is 6.10 Å². The van der Waals surface area contributed by atoms with Crippen molar-refractivity contribution in [3.05, 3.63) is 75.7 Å². The summed E-state index contributed by atoms with van der Waals surface area (Å²) in [5.74, 6) is -2.01. The highest BCUT2D eigenvalue weighted by atomic mass is 32.1. The second-order valence-electron chi connectivity index (χ2n) is 7.69. The molecule has 1 aliphatic carbocycles. The van der Waals surface area contributed by atoms with E-state index in [1.54, 1.807) is 0 Å². The van der Waals surface area contributed by atoms with Crippen LogP contribution in [0.25, 0.3) is 11.1 Å². The van der Waals surface area contributed by atoms with Gasteiger partial charge in [-0.3, -0.25) is 4.79 Å². The molecule has 4 N–H and O–H groups in total. The van der Waals surface area contributed by atoms with Crippen LogP contribution in [0.15, 0.2) is 53.9 Å². The number of aromatic nitrogens is 1. The van der Waals surface area contributed by atoms with E-state index < -0.39 is 30.6 Å². The molecule has 0 unspecified atom stereocenters. The van der Waals surface area contributed by atoms with E-state index in [1.807, 2.05) is 24.3 Å². The number of alkyl carbamates (subject to hydrolysis) is 1. The molecule has 34 heavy (non-hydrogen) atoms. The Morgan fingerprint density at radius 3 is 2.32 bits per heavy atom. The zero-order chi connectivity index (χ0) is 24.1. The van der Waals surface area contributed by atoms with E-state index in [9.17, 15) is 19.5 Å². The van der Waals surface area contributed by atoms with Gasteiger partial charge in [0.05, 0.1) is 11.6 Å². The molecular formula is C24H23N3O6S. The van der Waals surface area contributed by atoms with Crippen LogP contribution in [-0.4, -0.2) is 59.0 Å². The number of aliphatic carboxylic acids is 1. The molecule has 1 aliphatic rings. The molecule has 176 valence electrons. The van der Waals surface area contributed by atoms with E-state index in [0.717, 1.165) is 22.3 Å². The molecule has 1 atom stereocenters. The largest absolute Gasteiger partial charge is 0.479 e. The Morgan fingerprint density at radius 1 is 1.03 bits per heavy atom. The van der Waals surface area contributed by atoms with Gasteiger partial charge in [-0.05, 0) is 22.3 Å². The number of hydrogen-bond acceptors (Lipinski definition) is 7. The lowest BCUT2D eigenvalue weighted by Gasteiger charge is -2.14. The molecule has 10 heteroatoms. The summed E-state index contributed by atoms with van der Waals surface area (Å²) in [5.41, 5.74) is 4.72. The fourth-order valence-corrected chi connectivity index (χ4v) is 4.60. The first kappa shape index (κ1) is 23.4. The van der Waals surface area contributed by atoms with Gasteiger partial charge in [-0.2, -0.15) is 0 Å². The maximum atomic E-state index is 12.2. The molecule has 0 saturated heterocycles. The smallest absolute Gasteiger partial charge is 0.407 e. The second kappa shape index (κ2) is 10.4. The van der Waals surface area contributed by atoms with Crippen LogP contribution >= 0.6 is 11.3 Å². The fraction of sp³-hybridized carbons (Fsp3) is 0.250. The van der Waals surface area contributed by atoms with Crippen molar-refractivity contribution in [2.45, 2.75) is 18.4 Å². The van der Waals surface area contributed by atoms with E-state index in [2.05, 4.69) is 39.9 Å². The average Bonchev–Trinajstić information content (AvgIpc) is 3.44. The first-order valence-electron chi connectivity index (χ1n) is 10.7. The highest BCUT2D eigenvalue weighted by Gasteiger charge is 2.29. The highest BCUT2D eigenvalue weighted by Crippen LogP contribution is 2.44. The fourth-order valence-electron chi connectivity index (χ4n) is 3.82. The number of carboxylic acids is 1. The number of rotatable bonds is 9. The van der Waals surface area contributed by atoms with Crippen molar-refractivity contribution >= 4 is 29.3 Å². The summed E-state index contributed by atoms with van der Waals surface area (Å²) in [6.07, 6.45) is -1.80. The highest BCUT2D eigenvalue weighted by molar-refractivity contribution is 7.09. The Bertz CT molecular complexity index is 1170. The third kappa shape index (κ3) is 5.24. The molecule has 2 amide bonds. The van der Waals surface area contributed by atoms with Crippen molar-refractivity contribution in [2.24, 2.45) is 0 Å². The summed E-state index contributed by atoms with van der Waals surface area (Å²) in [7, 11) is 0. The van der Waals surface area contributed by atoms with E-state index in [0.29, 0.717) is 11.4 Å². The molecule has 9 nitrogen and oxygen atoms in total. The standard InChI is InChI=1S/C24H23N3O6S/c28-20(23(30)31)11-26-22(29)19-13-34-21(27-19)9-10-25-24(32)33-12-18-16-7-3-1-5-14(16)15-6-2-4-8-17(15)18/h1-8,13,18,20,28H,9-12H2,(H,25,32)(H,26,29)(H,30,31)/t20-/m0/s1. The van der Waals surface area contributed by atoms with Crippen molar-refractivity contribution in [1.82, 2.24) is 15.6 Å². The number of benzene rings is 2. The van der Waals surface area contributed by atoms with Crippen LogP contribution in [0.5, 0.6) is 0 Å². The minimum absolute atomic E-state index is 0.0159. The van der Waals surface area contributed by atoms with Crippen LogP contribution < -0.4 is 10.6 Å². The van der Waals surface area contributed by atoms with Crippen LogP contribution in [0.4, 0.5) is 4.79 Å². The lowest BCUT2D eigenvalue weighted by atomic mass is 9.98. The number of fused-ring (bicyclic) bond motifs is 3. The molecule has 1 heterocycles. The quantitative estimate of drug-likeness (QED) is 0.368. The van der Waals surface area contributed by atoms with E-state index >= 15 is 0 Å². The van der Waals surface area contributed by atoms with Gasteiger partial charge in [0, 0.05) is 24.3 Å². The third-order valence-electron chi connectivity index (χ3n) is 5.48. The van der Waals surface area contributed by atoms with Gasteiger partial charge < -0.3 is 25.6 Å². The second-order valence-corrected chi connectivity index (χ2v) is 8.64. The number of hydrogen-bond donors (Lipinski definition) is 4. The van der Waals surface area contributed by atoms with Crippen LogP contribution in [0.1, 0.15) is 32.5 Å². The van der Waals surface area contributed by atoms with Gasteiger partial charge in [-0.15, -0.1) is 11.3 Å². The summed E-state index contributed by atoms with van der Waals surface area (Å²) < 4.78 is 5.49. The van der Waals surface area contributed by atoms with Crippen molar-refractivity contribution in [3.63, 3.8) is 0 Å². The number of nitrogens with zero attached hydrogens (tertiary/aromatic N) is 1. The molecule has 0 saturated carbocycles. The molecule has 0 fully saturated rings. The molecule has 2 aromatic carbocycles. The summed E-state index contributed by atoms with van der Waals surface area (Å²) in [5, 5.41) is 25.0. The van der Waals surface area contributed by atoms with Gasteiger partial charge in [-0.1, -0.05) is 48.5 Å². The zero-order valence-corrected chi connectivity index (χ0v) is 18.9. The lowest BCUT2D eigenvalue weighted by molar-refractivity contribution is -0.146. The Kier molecular flexibility index (Phi) is 7.19. The number of aliphatic hydroxyl groups is 1. The maximum Gasteiger partial charge on any atom is 0.407 e. The van der Waals surface area contributed by atoms with Gasteiger partial charge in [-0.25, -0.2) is 14.6 Å². The topological polar surface area (TPSA) is 138 Å². The zero-order valence-electron chi connectivity index (χ0n) is 18.1. The molecule has 1 aromatic heterocycles. The lowest BCUT2D eigenvalue weighted by Crippen LogP contribution is -2.36. The van der Waals surface area contributed by atoms with Crippen LogP contribution in [0.2, 0.25) is 0 Å². The molecule has 4 rings (SSSR count). The summed E-state index contributed by atoms with van der Waals surface area (Å²) >= 11 is 1.25. The van der Waals surface area contributed by atoms with Gasteiger partial charge >= 0.3 is 12.1 Å². The monoisotopic (exact) mass is 481 g/mol. The van der Waals surface area contributed by atoms with Gasteiger partial charge in [0.1, 0.15) is 12.3 Å². The first-order valence-corrected chi connectivity index (χ1v) is 11.5. The molecule has 0 spiro atoms. The predicted molar refractivity (Wildman–Crippen MR) is 125 cm³/mol. The minimum Gasteiger partial charge on any atom is -0.479 e. The molecule has 0 radical (unpaired) electrons. The number of carboxylic acid groups (broad SMARTS) is 1. The van der Waals surface area contributed by atoms with Crippen LogP contribution in [0.3, 0.4) is 0 Å². The molecule has 0 aliphatic heterocycles. The predicted octanol–water partition coefficient (Wildman–Crippen LogP) is 2.40. The summed E-state index contributed by atoms with van der Waals surface area (Å²) in [4.78, 5) is 39.0. The summed E-state index contributed by atoms with van der Waals surface area (Å²) in [6, 6.07) is 16.2. The van der Waals surface area contributed by atoms with Gasteiger partial charge in [0.25, 0.3) is 5.91 Å². The maximum absolute atomic E-state index is 12.2. The first-order chi connectivity index (χ1) is 16.4. The molecule has 0 bridgehead atoms. The number of amides is 2. The average molecular weight is 482 g/mol. The van der Waals surface area contributed by atoms with E-state index in [4.69, 9.17) is 9.84 Å². The number of ether oxygens (including phenoxy) is 1. The molecular weight excluding hydrogens is 458 g/mol. The van der Waals surface area contributed by atoms with Crippen molar-refractivity contribution in [1.29, 1.82) is 0 Å². The Morgan fingerprint density at radius 2 is 1.68 bits per heavy atom. The third-order valence-corrected chi connectivity index (χ3v) is 6.39. The Hall–Kier alpha value is -3.76. The molecule has 3 aromatic rings. The number of nitrogens with one attached hydrogen (secondary N) is 2. The van der Waals surface area contributed by atoms with Crippen molar-refractivity contribution < 1.29 is 29.3 Å². The number of carbonyl (C=O) groups excluding carboxylic acids is 2. The van der Waals surface area contributed by atoms with E-state index in [1.165, 1.54) is 16.7 Å². The number of carbonyl (C=O) groups is 3. The summed E-state index contributed by atoms with van der Waals surface area (Å²) in [6.45, 7) is 0.0942. The van der Waals surface area contributed by atoms with Crippen molar-refractivity contribution in [2.75, 3.05) is 19.7 Å².